The van der Waals surface area contributed by atoms with Gasteiger partial charge >= 0.3 is 0 Å². The molecule has 2 aromatic rings. The Labute approximate surface area is 193 Å². The van der Waals surface area contributed by atoms with E-state index in [1.807, 2.05) is 10.8 Å². The summed E-state index contributed by atoms with van der Waals surface area (Å²) < 4.78 is 1.85. The molecule has 1 amide bonds. The van der Waals surface area contributed by atoms with E-state index in [2.05, 4.69) is 42.9 Å². The highest BCUT2D eigenvalue weighted by atomic mass is 16.1. The molecule has 1 N–H and O–H groups in total. The zero-order chi connectivity index (χ0) is 22.9. The van der Waals surface area contributed by atoms with Gasteiger partial charge in [0.25, 0.3) is 0 Å². The molecule has 2 atom stereocenters. The van der Waals surface area contributed by atoms with E-state index in [0.717, 1.165) is 50.2 Å². The summed E-state index contributed by atoms with van der Waals surface area (Å²) in [6.45, 7) is 9.48. The average molecular weight is 441 g/mol. The van der Waals surface area contributed by atoms with Crippen LogP contribution in [0.2, 0.25) is 0 Å². The molecule has 32 heavy (non-hydrogen) atoms. The molecular weight excluding hydrogens is 400 g/mol. The van der Waals surface area contributed by atoms with Gasteiger partial charge in [-0.2, -0.15) is 4.98 Å². The molecule has 3 rings (SSSR count). The molecule has 3 heterocycles. The van der Waals surface area contributed by atoms with Crippen molar-refractivity contribution in [1.82, 2.24) is 24.8 Å². The molecule has 0 spiro atoms. The van der Waals surface area contributed by atoms with Crippen molar-refractivity contribution in [2.75, 3.05) is 11.4 Å². The Morgan fingerprint density at radius 3 is 2.78 bits per heavy atom. The van der Waals surface area contributed by atoms with Gasteiger partial charge in [-0.3, -0.25) is 9.36 Å². The van der Waals surface area contributed by atoms with Crippen molar-refractivity contribution in [2.45, 2.75) is 104 Å². The van der Waals surface area contributed by atoms with Crippen LogP contribution >= 0.6 is 0 Å². The Bertz CT molecular complexity index is 850. The van der Waals surface area contributed by atoms with E-state index in [4.69, 9.17) is 9.97 Å². The first-order valence-corrected chi connectivity index (χ1v) is 12.4. The summed E-state index contributed by atoms with van der Waals surface area (Å²) in [6.07, 6.45) is 16.0. The Balaban J connectivity index is 1.73. The lowest BCUT2D eigenvalue weighted by molar-refractivity contribution is -0.122. The van der Waals surface area contributed by atoms with Crippen molar-refractivity contribution in [3.05, 3.63) is 30.0 Å². The zero-order valence-electron chi connectivity index (χ0n) is 20.3. The molecule has 7 nitrogen and oxygen atoms in total. The molecule has 0 aromatic carbocycles. The SMILES string of the molecule is CCCCCCC(C)NC(=O)CC1CCCCN1c1nc(-n2ccnc2)nc(C)c1CC. The summed E-state index contributed by atoms with van der Waals surface area (Å²) in [5, 5.41) is 3.24. The normalized spacial score (nSPS) is 17.4. The number of carbonyl (C=O) groups excluding carboxylic acids is 1. The summed E-state index contributed by atoms with van der Waals surface area (Å²) in [4.78, 5) is 29.1. The lowest BCUT2D eigenvalue weighted by Gasteiger charge is -2.38. The van der Waals surface area contributed by atoms with Gasteiger partial charge in [0.15, 0.2) is 0 Å². The number of aromatic nitrogens is 4. The summed E-state index contributed by atoms with van der Waals surface area (Å²) in [6, 6.07) is 0.406. The van der Waals surface area contributed by atoms with Crippen LogP contribution in [0, 0.1) is 6.92 Å². The topological polar surface area (TPSA) is 75.9 Å². The Morgan fingerprint density at radius 1 is 1.22 bits per heavy atom. The van der Waals surface area contributed by atoms with Crippen molar-refractivity contribution in [3.63, 3.8) is 0 Å². The minimum atomic E-state index is 0.156. The van der Waals surface area contributed by atoms with Crippen molar-refractivity contribution >= 4 is 11.7 Å². The molecule has 0 radical (unpaired) electrons. The van der Waals surface area contributed by atoms with Crippen LogP contribution in [0.25, 0.3) is 5.95 Å². The first-order valence-electron chi connectivity index (χ1n) is 12.4. The number of unbranched alkanes of at least 4 members (excludes halogenated alkanes) is 3. The van der Waals surface area contributed by atoms with Gasteiger partial charge in [-0.15, -0.1) is 0 Å². The Morgan fingerprint density at radius 2 is 2.06 bits per heavy atom. The molecular formula is C25H40N6O. The molecule has 176 valence electrons. The predicted octanol–water partition coefficient (Wildman–Crippen LogP) is 4.76. The second-order valence-corrected chi connectivity index (χ2v) is 9.10. The number of anilines is 1. The van der Waals surface area contributed by atoms with Crippen molar-refractivity contribution in [2.24, 2.45) is 0 Å². The summed E-state index contributed by atoms with van der Waals surface area (Å²) >= 11 is 0. The van der Waals surface area contributed by atoms with E-state index in [-0.39, 0.29) is 18.0 Å². The van der Waals surface area contributed by atoms with E-state index in [1.165, 1.54) is 31.2 Å². The minimum Gasteiger partial charge on any atom is -0.354 e. The highest BCUT2D eigenvalue weighted by Gasteiger charge is 2.29. The maximum absolute atomic E-state index is 12.9. The number of hydrogen-bond acceptors (Lipinski definition) is 5. The molecule has 1 aliphatic heterocycles. The van der Waals surface area contributed by atoms with Crippen LogP contribution in [0.4, 0.5) is 5.82 Å². The smallest absolute Gasteiger partial charge is 0.237 e. The molecule has 1 fully saturated rings. The summed E-state index contributed by atoms with van der Waals surface area (Å²) in [7, 11) is 0. The van der Waals surface area contributed by atoms with Crippen LogP contribution in [0.15, 0.2) is 18.7 Å². The molecule has 1 saturated heterocycles. The Kier molecular flexibility index (Phi) is 9.06. The number of rotatable bonds is 11. The van der Waals surface area contributed by atoms with E-state index in [1.54, 1.807) is 12.5 Å². The third-order valence-electron chi connectivity index (χ3n) is 6.49. The van der Waals surface area contributed by atoms with Crippen LogP contribution in [0.1, 0.15) is 89.8 Å². The fraction of sp³-hybridized carbons (Fsp3) is 0.680. The van der Waals surface area contributed by atoms with Gasteiger partial charge in [-0.1, -0.05) is 39.5 Å². The number of amides is 1. The van der Waals surface area contributed by atoms with Gasteiger partial charge in [0.05, 0.1) is 0 Å². The molecule has 7 heteroatoms. The van der Waals surface area contributed by atoms with Crippen LogP contribution < -0.4 is 10.2 Å². The zero-order valence-corrected chi connectivity index (χ0v) is 20.3. The van der Waals surface area contributed by atoms with E-state index >= 15 is 0 Å². The lowest BCUT2D eigenvalue weighted by atomic mass is 9.97. The van der Waals surface area contributed by atoms with Gasteiger partial charge in [0, 0.05) is 48.7 Å². The lowest BCUT2D eigenvalue weighted by Crippen LogP contribution is -2.45. The monoisotopic (exact) mass is 440 g/mol. The number of nitrogens with zero attached hydrogens (tertiary/aromatic N) is 5. The highest BCUT2D eigenvalue weighted by molar-refractivity contribution is 5.77. The Hall–Kier alpha value is -2.44. The van der Waals surface area contributed by atoms with Crippen LogP contribution in [0.3, 0.4) is 0 Å². The quantitative estimate of drug-likeness (QED) is 0.510. The molecule has 2 aromatic heterocycles. The van der Waals surface area contributed by atoms with Gasteiger partial charge in [-0.05, 0) is 46.0 Å². The van der Waals surface area contributed by atoms with E-state index in [0.29, 0.717) is 12.4 Å². The summed E-state index contributed by atoms with van der Waals surface area (Å²) in [5.41, 5.74) is 2.17. The van der Waals surface area contributed by atoms with E-state index < -0.39 is 0 Å². The molecule has 0 saturated carbocycles. The number of piperidine rings is 1. The largest absolute Gasteiger partial charge is 0.354 e. The molecule has 0 aliphatic carbocycles. The number of aryl methyl sites for hydroxylation is 1. The molecule has 2 unspecified atom stereocenters. The van der Waals surface area contributed by atoms with Gasteiger partial charge in [0.2, 0.25) is 11.9 Å². The predicted molar refractivity (Wildman–Crippen MR) is 129 cm³/mol. The summed E-state index contributed by atoms with van der Waals surface area (Å²) in [5.74, 6) is 1.78. The maximum atomic E-state index is 12.9. The maximum Gasteiger partial charge on any atom is 0.237 e. The van der Waals surface area contributed by atoms with Crippen molar-refractivity contribution in [1.29, 1.82) is 0 Å². The third kappa shape index (κ3) is 6.30. The second kappa shape index (κ2) is 12.0. The fourth-order valence-corrected chi connectivity index (χ4v) is 4.70. The van der Waals surface area contributed by atoms with E-state index in [9.17, 15) is 4.79 Å². The number of imidazole rings is 1. The van der Waals surface area contributed by atoms with Crippen LogP contribution in [0.5, 0.6) is 0 Å². The van der Waals surface area contributed by atoms with Gasteiger partial charge < -0.3 is 10.2 Å². The second-order valence-electron chi connectivity index (χ2n) is 9.10. The average Bonchev–Trinajstić information content (AvgIpc) is 3.31. The fourth-order valence-electron chi connectivity index (χ4n) is 4.70. The molecule has 1 aliphatic rings. The first kappa shape index (κ1) is 24.2. The van der Waals surface area contributed by atoms with Crippen molar-refractivity contribution in [3.8, 4) is 5.95 Å². The molecule has 0 bridgehead atoms. The van der Waals surface area contributed by atoms with Crippen molar-refractivity contribution < 1.29 is 4.79 Å². The van der Waals surface area contributed by atoms with Crippen LogP contribution in [-0.2, 0) is 11.2 Å². The first-order chi connectivity index (χ1) is 15.5. The minimum absolute atomic E-state index is 0.156. The van der Waals surface area contributed by atoms with Crippen LogP contribution in [-0.4, -0.2) is 44.1 Å². The van der Waals surface area contributed by atoms with Gasteiger partial charge in [0.1, 0.15) is 12.1 Å². The van der Waals surface area contributed by atoms with Gasteiger partial charge in [-0.25, -0.2) is 9.97 Å². The standard InChI is InChI=1S/C25H40N6O/c1-5-7-8-9-12-19(3)27-23(32)17-21-13-10-11-15-31(21)24-22(6-2)20(4)28-25(29-24)30-16-14-26-18-30/h14,16,18-19,21H,5-13,15,17H2,1-4H3,(H,27,32). The highest BCUT2D eigenvalue weighted by Crippen LogP contribution is 2.30. The number of nitrogens with one attached hydrogen (secondary N) is 1. The number of carbonyl (C=O) groups is 1. The number of hydrogen-bond donors (Lipinski definition) is 1. The third-order valence-corrected chi connectivity index (χ3v) is 6.49.